The molecule has 5 nitrogen and oxygen atoms in total. The lowest BCUT2D eigenvalue weighted by molar-refractivity contribution is 0.0946. The van der Waals surface area contributed by atoms with Crippen LogP contribution >= 0.6 is 22.9 Å². The molecule has 2 aromatic carbocycles. The van der Waals surface area contributed by atoms with E-state index in [1.54, 1.807) is 17.4 Å². The Kier molecular flexibility index (Phi) is 7.75. The van der Waals surface area contributed by atoms with Gasteiger partial charge in [0.2, 0.25) is 0 Å². The molecule has 1 amide bonds. The van der Waals surface area contributed by atoms with Crippen LogP contribution in [0.15, 0.2) is 53.9 Å². The van der Waals surface area contributed by atoms with E-state index in [-0.39, 0.29) is 10.9 Å². The van der Waals surface area contributed by atoms with Crippen LogP contribution in [0.4, 0.5) is 4.39 Å². The number of aromatic nitrogens is 1. The van der Waals surface area contributed by atoms with Crippen LogP contribution < -0.4 is 14.8 Å². The molecule has 0 aliphatic carbocycles. The molecule has 0 aliphatic heterocycles. The molecular formula is C26H26ClFN2O3S. The van der Waals surface area contributed by atoms with Crippen molar-refractivity contribution in [2.24, 2.45) is 0 Å². The number of hydrogen-bond donors (Lipinski definition) is 1. The monoisotopic (exact) mass is 500 g/mol. The largest absolute Gasteiger partial charge is 0.490 e. The molecule has 178 valence electrons. The lowest BCUT2D eigenvalue weighted by Gasteiger charge is -2.13. The van der Waals surface area contributed by atoms with Crippen LogP contribution in [-0.4, -0.2) is 30.2 Å². The standard InChI is InChI=1S/C26H26ClFN2O3S/c1-3-32-23-8-6-17(14-24(23)33-4-2)9-11-29-26(31)22-15-25-21(10-12-34-25)30(22)16-18-5-7-19(27)20(28)13-18/h5-8,10,12-15H,3-4,9,11,16H2,1-2H3,(H,29,31). The van der Waals surface area contributed by atoms with Gasteiger partial charge in [-0.3, -0.25) is 4.79 Å². The van der Waals surface area contributed by atoms with Crippen LogP contribution in [0.2, 0.25) is 5.02 Å². The van der Waals surface area contributed by atoms with Crippen LogP contribution in [0, 0.1) is 5.82 Å². The van der Waals surface area contributed by atoms with Crippen molar-refractivity contribution in [2.45, 2.75) is 26.8 Å². The van der Waals surface area contributed by atoms with Crippen LogP contribution in [0.25, 0.3) is 10.2 Å². The fourth-order valence-corrected chi connectivity index (χ4v) is 4.76. The molecule has 0 saturated carbocycles. The molecule has 0 aliphatic rings. The molecule has 34 heavy (non-hydrogen) atoms. The minimum atomic E-state index is -0.472. The molecule has 0 radical (unpaired) electrons. The lowest BCUT2D eigenvalue weighted by atomic mass is 10.1. The number of fused-ring (bicyclic) bond motifs is 1. The zero-order valence-corrected chi connectivity index (χ0v) is 20.6. The quantitative estimate of drug-likeness (QED) is 0.277. The van der Waals surface area contributed by atoms with Gasteiger partial charge in [-0.05, 0) is 73.2 Å². The number of carbonyl (C=O) groups is 1. The van der Waals surface area contributed by atoms with Crippen LogP contribution in [0.1, 0.15) is 35.5 Å². The Bertz CT molecular complexity index is 1300. The number of nitrogens with one attached hydrogen (secondary N) is 1. The van der Waals surface area contributed by atoms with E-state index < -0.39 is 5.82 Å². The third-order valence-corrected chi connectivity index (χ3v) is 6.55. The van der Waals surface area contributed by atoms with Gasteiger partial charge in [0.1, 0.15) is 11.5 Å². The Labute approximate surface area is 207 Å². The lowest BCUT2D eigenvalue weighted by Crippen LogP contribution is -2.28. The average molecular weight is 501 g/mol. The van der Waals surface area contributed by atoms with Crippen molar-refractivity contribution in [3.8, 4) is 11.5 Å². The van der Waals surface area contributed by atoms with Gasteiger partial charge < -0.3 is 19.4 Å². The highest BCUT2D eigenvalue weighted by atomic mass is 35.5. The normalized spacial score (nSPS) is 11.1. The van der Waals surface area contributed by atoms with Crippen LogP contribution in [0.5, 0.6) is 11.5 Å². The van der Waals surface area contributed by atoms with Gasteiger partial charge in [0.15, 0.2) is 11.5 Å². The molecule has 4 aromatic rings. The highest BCUT2D eigenvalue weighted by Crippen LogP contribution is 2.29. The topological polar surface area (TPSA) is 52.5 Å². The van der Waals surface area contributed by atoms with Crippen molar-refractivity contribution < 1.29 is 18.7 Å². The van der Waals surface area contributed by atoms with Gasteiger partial charge in [0.05, 0.1) is 28.5 Å². The van der Waals surface area contributed by atoms with Crippen molar-refractivity contribution in [2.75, 3.05) is 19.8 Å². The first-order valence-electron chi connectivity index (χ1n) is 11.2. The molecule has 2 heterocycles. The molecular weight excluding hydrogens is 475 g/mol. The second-order valence-electron chi connectivity index (χ2n) is 7.69. The summed E-state index contributed by atoms with van der Waals surface area (Å²) in [6, 6.07) is 14.4. The summed E-state index contributed by atoms with van der Waals surface area (Å²) in [4.78, 5) is 13.1. The maximum absolute atomic E-state index is 14.0. The van der Waals surface area contributed by atoms with Gasteiger partial charge in [-0.2, -0.15) is 0 Å². The fraction of sp³-hybridized carbons (Fsp3) is 0.269. The average Bonchev–Trinajstić information content (AvgIpc) is 3.41. The van der Waals surface area contributed by atoms with E-state index in [9.17, 15) is 9.18 Å². The first-order valence-corrected chi connectivity index (χ1v) is 12.4. The number of carbonyl (C=O) groups excluding carboxylic acids is 1. The summed E-state index contributed by atoms with van der Waals surface area (Å²) < 4.78 is 28.2. The number of ether oxygens (including phenoxy) is 2. The maximum Gasteiger partial charge on any atom is 0.267 e. The van der Waals surface area contributed by atoms with E-state index >= 15 is 0 Å². The van der Waals surface area contributed by atoms with Crippen molar-refractivity contribution in [3.63, 3.8) is 0 Å². The van der Waals surface area contributed by atoms with Crippen LogP contribution in [-0.2, 0) is 13.0 Å². The first-order chi connectivity index (χ1) is 16.5. The molecule has 0 atom stereocenters. The van der Waals surface area contributed by atoms with Crippen molar-refractivity contribution >= 4 is 39.1 Å². The van der Waals surface area contributed by atoms with Gasteiger partial charge in [-0.1, -0.05) is 23.7 Å². The van der Waals surface area contributed by atoms with Gasteiger partial charge in [-0.15, -0.1) is 11.3 Å². The number of amides is 1. The molecule has 1 N–H and O–H groups in total. The summed E-state index contributed by atoms with van der Waals surface area (Å²) in [5, 5.41) is 5.07. The molecule has 0 fully saturated rings. The van der Waals surface area contributed by atoms with Crippen molar-refractivity contribution in [3.05, 3.63) is 81.6 Å². The summed E-state index contributed by atoms with van der Waals surface area (Å²) in [6.07, 6.45) is 0.649. The van der Waals surface area contributed by atoms with E-state index in [1.165, 1.54) is 12.1 Å². The summed E-state index contributed by atoms with van der Waals surface area (Å²) >= 11 is 7.39. The van der Waals surface area contributed by atoms with Crippen molar-refractivity contribution in [1.29, 1.82) is 0 Å². The Morgan fingerprint density at radius 3 is 2.56 bits per heavy atom. The third kappa shape index (κ3) is 5.37. The Hall–Kier alpha value is -3.03. The highest BCUT2D eigenvalue weighted by Gasteiger charge is 2.17. The molecule has 0 saturated heterocycles. The zero-order valence-electron chi connectivity index (χ0n) is 19.1. The smallest absolute Gasteiger partial charge is 0.267 e. The van der Waals surface area contributed by atoms with Gasteiger partial charge in [-0.25, -0.2) is 4.39 Å². The van der Waals surface area contributed by atoms with E-state index in [0.29, 0.717) is 49.9 Å². The second-order valence-corrected chi connectivity index (χ2v) is 9.04. The Balaban J connectivity index is 1.47. The minimum absolute atomic E-state index is 0.0803. The molecule has 8 heteroatoms. The summed E-state index contributed by atoms with van der Waals surface area (Å²) in [5.74, 6) is 0.778. The summed E-state index contributed by atoms with van der Waals surface area (Å²) in [7, 11) is 0. The first kappa shape index (κ1) is 24.1. The Morgan fingerprint density at radius 1 is 1.03 bits per heavy atom. The predicted octanol–water partition coefficient (Wildman–Crippen LogP) is 6.31. The predicted molar refractivity (Wildman–Crippen MR) is 135 cm³/mol. The van der Waals surface area contributed by atoms with Crippen LogP contribution in [0.3, 0.4) is 0 Å². The van der Waals surface area contributed by atoms with E-state index in [4.69, 9.17) is 21.1 Å². The fourth-order valence-electron chi connectivity index (χ4n) is 3.82. The number of rotatable bonds is 10. The highest BCUT2D eigenvalue weighted by molar-refractivity contribution is 7.17. The number of thiophene rings is 1. The SMILES string of the molecule is CCOc1ccc(CCNC(=O)c2cc3sccc3n2Cc2ccc(Cl)c(F)c2)cc1OCC. The second kappa shape index (κ2) is 10.9. The molecule has 0 spiro atoms. The molecule has 4 rings (SSSR count). The summed E-state index contributed by atoms with van der Waals surface area (Å²) in [6.45, 7) is 5.81. The molecule has 0 unspecified atom stereocenters. The van der Waals surface area contributed by atoms with Gasteiger partial charge in [0.25, 0.3) is 5.91 Å². The number of nitrogens with zero attached hydrogens (tertiary/aromatic N) is 1. The number of halogens is 2. The Morgan fingerprint density at radius 2 is 1.79 bits per heavy atom. The maximum atomic E-state index is 14.0. The number of benzene rings is 2. The van der Waals surface area contributed by atoms with E-state index in [1.807, 2.05) is 54.1 Å². The van der Waals surface area contributed by atoms with E-state index in [0.717, 1.165) is 21.3 Å². The third-order valence-electron chi connectivity index (χ3n) is 5.39. The zero-order chi connectivity index (χ0) is 24.1. The van der Waals surface area contributed by atoms with Gasteiger partial charge >= 0.3 is 0 Å². The summed E-state index contributed by atoms with van der Waals surface area (Å²) in [5.41, 5.74) is 3.26. The molecule has 2 aromatic heterocycles. The van der Waals surface area contributed by atoms with E-state index in [2.05, 4.69) is 5.32 Å². The minimum Gasteiger partial charge on any atom is -0.490 e. The van der Waals surface area contributed by atoms with Crippen molar-refractivity contribution in [1.82, 2.24) is 9.88 Å². The number of hydrogen-bond acceptors (Lipinski definition) is 4. The van der Waals surface area contributed by atoms with Gasteiger partial charge in [0, 0.05) is 13.1 Å². The molecule has 0 bridgehead atoms.